The molecule has 0 bridgehead atoms. The molecule has 4 heteroatoms. The van der Waals surface area contributed by atoms with Gasteiger partial charge in [0, 0.05) is 0 Å². The van der Waals surface area contributed by atoms with E-state index in [4.69, 9.17) is 10.8 Å². The quantitative estimate of drug-likeness (QED) is 0.284. The first-order chi connectivity index (χ1) is 6.24. The van der Waals surface area contributed by atoms with Crippen molar-refractivity contribution in [2.45, 2.75) is 13.8 Å². The molecule has 0 atom stereocenters. The van der Waals surface area contributed by atoms with Crippen molar-refractivity contribution in [1.29, 1.82) is 0 Å². The van der Waals surface area contributed by atoms with Crippen molar-refractivity contribution in [2.75, 3.05) is 18.3 Å². The fourth-order valence-corrected chi connectivity index (χ4v) is 0.736. The van der Waals surface area contributed by atoms with Gasteiger partial charge in [0.25, 0.3) is 0 Å². The molecule has 0 saturated carbocycles. The zero-order chi connectivity index (χ0) is 10.3. The summed E-state index contributed by atoms with van der Waals surface area (Å²) in [6, 6.07) is 4.74. The third-order valence-corrected chi connectivity index (χ3v) is 1.25. The van der Waals surface area contributed by atoms with Crippen LogP contribution in [0.2, 0.25) is 0 Å². The van der Waals surface area contributed by atoms with Gasteiger partial charge in [0.15, 0.2) is 0 Å². The Morgan fingerprint density at radius 2 is 2.00 bits per heavy atom. The Morgan fingerprint density at radius 1 is 1.38 bits per heavy atom. The summed E-state index contributed by atoms with van der Waals surface area (Å²) in [5.41, 5.74) is 9.03. The van der Waals surface area contributed by atoms with E-state index in [0.29, 0.717) is 11.4 Å². The van der Waals surface area contributed by atoms with E-state index in [2.05, 4.69) is 10.3 Å². The SMILES string of the molecule is CC.CONc1ccc(O)c(N)c1. The predicted octanol–water partition coefficient (Wildman–Crippen LogP) is 1.97. The third kappa shape index (κ3) is 3.66. The van der Waals surface area contributed by atoms with Crippen molar-refractivity contribution in [3.05, 3.63) is 18.2 Å². The fraction of sp³-hybridized carbons (Fsp3) is 0.333. The molecule has 4 nitrogen and oxygen atoms in total. The van der Waals surface area contributed by atoms with Gasteiger partial charge in [-0.25, -0.2) is 0 Å². The standard InChI is InChI=1S/C7H10N2O2.C2H6/c1-11-9-5-2-3-7(10)6(8)4-5;1-2/h2-4,9-10H,8H2,1H3;1-2H3. The highest BCUT2D eigenvalue weighted by molar-refractivity contribution is 5.60. The Bertz CT molecular complexity index is 251. The van der Waals surface area contributed by atoms with E-state index < -0.39 is 0 Å². The summed E-state index contributed by atoms with van der Waals surface area (Å²) in [5.74, 6) is 0.0756. The maximum absolute atomic E-state index is 9.02. The third-order valence-electron chi connectivity index (χ3n) is 1.25. The van der Waals surface area contributed by atoms with E-state index >= 15 is 0 Å². The Labute approximate surface area is 78.3 Å². The summed E-state index contributed by atoms with van der Waals surface area (Å²) in [5, 5.41) is 9.02. The number of nitrogens with two attached hydrogens (primary N) is 1. The summed E-state index contributed by atoms with van der Waals surface area (Å²) in [4.78, 5) is 4.64. The fourth-order valence-electron chi connectivity index (χ4n) is 0.736. The molecule has 0 aliphatic carbocycles. The summed E-state index contributed by atoms with van der Waals surface area (Å²) in [6.07, 6.45) is 0. The second kappa shape index (κ2) is 6.14. The average Bonchev–Trinajstić information content (AvgIpc) is 2.15. The van der Waals surface area contributed by atoms with Gasteiger partial charge in [-0.3, -0.25) is 10.3 Å². The largest absolute Gasteiger partial charge is 0.506 e. The number of nitrogen functional groups attached to an aromatic ring is 1. The van der Waals surface area contributed by atoms with E-state index in [1.54, 1.807) is 12.1 Å². The lowest BCUT2D eigenvalue weighted by molar-refractivity contribution is 0.271. The van der Waals surface area contributed by atoms with Crippen LogP contribution in [0.4, 0.5) is 11.4 Å². The van der Waals surface area contributed by atoms with Crippen LogP contribution in [0.1, 0.15) is 13.8 Å². The van der Waals surface area contributed by atoms with Crippen LogP contribution in [0.3, 0.4) is 0 Å². The highest BCUT2D eigenvalue weighted by atomic mass is 16.6. The van der Waals surface area contributed by atoms with Gasteiger partial charge in [0.05, 0.1) is 18.5 Å². The van der Waals surface area contributed by atoms with E-state index in [-0.39, 0.29) is 5.75 Å². The normalized spacial score (nSPS) is 8.54. The van der Waals surface area contributed by atoms with Gasteiger partial charge in [-0.15, -0.1) is 0 Å². The first kappa shape index (κ1) is 11.6. The maximum atomic E-state index is 9.02. The van der Waals surface area contributed by atoms with E-state index in [1.165, 1.54) is 13.2 Å². The van der Waals surface area contributed by atoms with E-state index in [0.717, 1.165) is 0 Å². The highest BCUT2D eigenvalue weighted by Gasteiger charge is 1.96. The topological polar surface area (TPSA) is 67.5 Å². The van der Waals surface area contributed by atoms with Crippen molar-refractivity contribution in [2.24, 2.45) is 0 Å². The molecule has 0 heterocycles. The van der Waals surface area contributed by atoms with Gasteiger partial charge in [0.1, 0.15) is 5.75 Å². The van der Waals surface area contributed by atoms with Crippen LogP contribution in [0.5, 0.6) is 5.75 Å². The van der Waals surface area contributed by atoms with Crippen LogP contribution in [0.25, 0.3) is 0 Å². The molecule has 1 aromatic rings. The molecule has 0 spiro atoms. The first-order valence-electron chi connectivity index (χ1n) is 4.11. The molecule has 0 aliphatic rings. The van der Waals surface area contributed by atoms with Crippen LogP contribution in [0, 0.1) is 0 Å². The minimum absolute atomic E-state index is 0.0756. The Morgan fingerprint density at radius 3 is 2.46 bits per heavy atom. The number of nitrogens with one attached hydrogen (secondary N) is 1. The number of aromatic hydroxyl groups is 1. The molecule has 1 aromatic carbocycles. The summed E-state index contributed by atoms with van der Waals surface area (Å²) in [6.45, 7) is 4.00. The van der Waals surface area contributed by atoms with Gasteiger partial charge in [-0.05, 0) is 18.2 Å². The Balaban J connectivity index is 0.000000671. The van der Waals surface area contributed by atoms with Crippen LogP contribution >= 0.6 is 0 Å². The van der Waals surface area contributed by atoms with Crippen molar-refractivity contribution >= 4 is 11.4 Å². The average molecular weight is 184 g/mol. The molecule has 0 aliphatic heterocycles. The van der Waals surface area contributed by atoms with Gasteiger partial charge in [-0.1, -0.05) is 13.8 Å². The van der Waals surface area contributed by atoms with Gasteiger partial charge in [0.2, 0.25) is 0 Å². The first-order valence-corrected chi connectivity index (χ1v) is 4.11. The van der Waals surface area contributed by atoms with Crippen molar-refractivity contribution < 1.29 is 9.94 Å². The highest BCUT2D eigenvalue weighted by Crippen LogP contribution is 2.22. The van der Waals surface area contributed by atoms with Crippen molar-refractivity contribution in [3.8, 4) is 5.75 Å². The van der Waals surface area contributed by atoms with Crippen LogP contribution < -0.4 is 11.2 Å². The molecule has 0 radical (unpaired) electrons. The van der Waals surface area contributed by atoms with Crippen LogP contribution in [-0.2, 0) is 4.84 Å². The second-order valence-corrected chi connectivity index (χ2v) is 2.08. The molecular weight excluding hydrogens is 168 g/mol. The summed E-state index contributed by atoms with van der Waals surface area (Å²) >= 11 is 0. The lowest BCUT2D eigenvalue weighted by Gasteiger charge is -2.04. The zero-order valence-electron chi connectivity index (χ0n) is 8.16. The van der Waals surface area contributed by atoms with E-state index in [1.807, 2.05) is 13.8 Å². The van der Waals surface area contributed by atoms with Crippen LogP contribution in [-0.4, -0.2) is 12.2 Å². The number of hydrogen-bond donors (Lipinski definition) is 3. The lowest BCUT2D eigenvalue weighted by atomic mass is 10.3. The van der Waals surface area contributed by atoms with Crippen molar-refractivity contribution in [3.63, 3.8) is 0 Å². The van der Waals surface area contributed by atoms with Gasteiger partial charge < -0.3 is 10.8 Å². The van der Waals surface area contributed by atoms with Gasteiger partial charge >= 0.3 is 0 Å². The Kier molecular flexibility index (Phi) is 5.47. The number of hydrogen-bond acceptors (Lipinski definition) is 4. The number of anilines is 2. The van der Waals surface area contributed by atoms with Crippen LogP contribution in [0.15, 0.2) is 18.2 Å². The number of rotatable bonds is 2. The minimum atomic E-state index is 0.0756. The second-order valence-electron chi connectivity index (χ2n) is 2.08. The molecule has 0 saturated heterocycles. The zero-order valence-corrected chi connectivity index (χ0v) is 8.16. The lowest BCUT2D eigenvalue weighted by Crippen LogP contribution is -1.96. The monoisotopic (exact) mass is 184 g/mol. The summed E-state index contributed by atoms with van der Waals surface area (Å²) in [7, 11) is 1.50. The molecule has 0 aromatic heterocycles. The molecule has 13 heavy (non-hydrogen) atoms. The number of phenols is 1. The molecule has 4 N–H and O–H groups in total. The minimum Gasteiger partial charge on any atom is -0.506 e. The maximum Gasteiger partial charge on any atom is 0.138 e. The molecule has 1 rings (SSSR count). The van der Waals surface area contributed by atoms with E-state index in [9.17, 15) is 0 Å². The molecule has 74 valence electrons. The number of benzene rings is 1. The molecule has 0 amide bonds. The predicted molar refractivity (Wildman–Crippen MR) is 54.5 cm³/mol. The molecular formula is C9H16N2O2. The molecule has 0 fully saturated rings. The Hall–Kier alpha value is -1.42. The van der Waals surface area contributed by atoms with Crippen molar-refractivity contribution in [1.82, 2.24) is 0 Å². The molecule has 0 unspecified atom stereocenters. The smallest absolute Gasteiger partial charge is 0.138 e. The summed E-state index contributed by atoms with van der Waals surface area (Å²) < 4.78 is 0. The number of phenolic OH excluding ortho intramolecular Hbond substituents is 1. The van der Waals surface area contributed by atoms with Gasteiger partial charge in [-0.2, -0.15) is 0 Å².